The standard InChI is InChI=1S/C17H23ClO2/c18-17(16-12-19-10-11-20-16)15-8-6-14(7-9-15)13-4-2-1-3-5-13/h6-9,13,16-17H,1-5,10-12H2. The van der Waals surface area contributed by atoms with E-state index in [0.717, 1.165) is 11.5 Å². The van der Waals surface area contributed by atoms with Gasteiger partial charge in [-0.25, -0.2) is 0 Å². The van der Waals surface area contributed by atoms with Gasteiger partial charge in [0.15, 0.2) is 0 Å². The SMILES string of the molecule is ClC(c1ccc(C2CCCCC2)cc1)C1COCCO1. The van der Waals surface area contributed by atoms with Gasteiger partial charge in [0.2, 0.25) is 0 Å². The molecule has 110 valence electrons. The van der Waals surface area contributed by atoms with Gasteiger partial charge < -0.3 is 9.47 Å². The highest BCUT2D eigenvalue weighted by Crippen LogP contribution is 2.34. The molecule has 2 aliphatic rings. The summed E-state index contributed by atoms with van der Waals surface area (Å²) in [7, 11) is 0. The van der Waals surface area contributed by atoms with Crippen LogP contribution in [0, 0.1) is 0 Å². The average molecular weight is 295 g/mol. The summed E-state index contributed by atoms with van der Waals surface area (Å²) >= 11 is 6.52. The molecule has 0 radical (unpaired) electrons. The molecule has 2 fully saturated rings. The van der Waals surface area contributed by atoms with Crippen LogP contribution in [-0.2, 0) is 9.47 Å². The summed E-state index contributed by atoms with van der Waals surface area (Å²) in [6, 6.07) is 8.84. The fourth-order valence-electron chi connectivity index (χ4n) is 3.28. The van der Waals surface area contributed by atoms with Crippen molar-refractivity contribution in [2.24, 2.45) is 0 Å². The first kappa shape index (κ1) is 14.4. The monoisotopic (exact) mass is 294 g/mol. The maximum atomic E-state index is 6.52. The highest BCUT2D eigenvalue weighted by molar-refractivity contribution is 6.21. The molecule has 0 spiro atoms. The van der Waals surface area contributed by atoms with E-state index in [4.69, 9.17) is 21.1 Å². The zero-order valence-corrected chi connectivity index (χ0v) is 12.6. The van der Waals surface area contributed by atoms with E-state index in [-0.39, 0.29) is 11.5 Å². The second-order valence-electron chi connectivity index (χ2n) is 5.89. The quantitative estimate of drug-likeness (QED) is 0.768. The largest absolute Gasteiger partial charge is 0.376 e. The first-order valence-electron chi connectivity index (χ1n) is 7.78. The van der Waals surface area contributed by atoms with Crippen LogP contribution in [0.2, 0.25) is 0 Å². The minimum atomic E-state index is -0.115. The van der Waals surface area contributed by atoms with Gasteiger partial charge in [-0.1, -0.05) is 43.5 Å². The summed E-state index contributed by atoms with van der Waals surface area (Å²) in [5.74, 6) is 0.751. The van der Waals surface area contributed by atoms with Crippen LogP contribution in [0.4, 0.5) is 0 Å². The Morgan fingerprint density at radius 2 is 1.75 bits per heavy atom. The minimum Gasteiger partial charge on any atom is -0.376 e. The molecule has 1 saturated heterocycles. The van der Waals surface area contributed by atoms with Crippen molar-refractivity contribution in [1.29, 1.82) is 0 Å². The lowest BCUT2D eigenvalue weighted by Crippen LogP contribution is -2.31. The molecule has 1 aliphatic carbocycles. The van der Waals surface area contributed by atoms with Crippen LogP contribution in [-0.4, -0.2) is 25.9 Å². The average Bonchev–Trinajstić information content (AvgIpc) is 2.56. The topological polar surface area (TPSA) is 18.5 Å². The zero-order valence-electron chi connectivity index (χ0n) is 11.9. The molecule has 0 amide bonds. The molecule has 20 heavy (non-hydrogen) atoms. The molecule has 1 saturated carbocycles. The van der Waals surface area contributed by atoms with Gasteiger partial charge in [-0.3, -0.25) is 0 Å². The summed E-state index contributed by atoms with van der Waals surface area (Å²) in [6.07, 6.45) is 6.80. The Morgan fingerprint density at radius 3 is 2.40 bits per heavy atom. The van der Waals surface area contributed by atoms with Crippen LogP contribution in [0.15, 0.2) is 24.3 Å². The summed E-state index contributed by atoms with van der Waals surface area (Å²) in [4.78, 5) is 0. The van der Waals surface area contributed by atoms with Crippen molar-refractivity contribution >= 4 is 11.6 Å². The Balaban J connectivity index is 1.65. The second kappa shape index (κ2) is 6.93. The molecule has 0 aromatic heterocycles. The molecule has 1 aromatic rings. The van der Waals surface area contributed by atoms with Gasteiger partial charge in [-0.05, 0) is 29.9 Å². The third-order valence-electron chi connectivity index (χ3n) is 4.50. The lowest BCUT2D eigenvalue weighted by atomic mass is 9.84. The first-order valence-corrected chi connectivity index (χ1v) is 8.21. The van der Waals surface area contributed by atoms with Crippen molar-refractivity contribution in [2.75, 3.05) is 19.8 Å². The molecule has 3 rings (SSSR count). The summed E-state index contributed by atoms with van der Waals surface area (Å²) in [6.45, 7) is 1.92. The molecule has 2 atom stereocenters. The Hall–Kier alpha value is -0.570. The molecule has 2 nitrogen and oxygen atoms in total. The maximum absolute atomic E-state index is 6.52. The molecule has 0 N–H and O–H groups in total. The number of hydrogen-bond donors (Lipinski definition) is 0. The highest BCUT2D eigenvalue weighted by atomic mass is 35.5. The normalized spacial score (nSPS) is 26.4. The fourth-order valence-corrected chi connectivity index (χ4v) is 3.57. The van der Waals surface area contributed by atoms with Gasteiger partial charge in [0.1, 0.15) is 6.10 Å². The molecule has 0 bridgehead atoms. The summed E-state index contributed by atoms with van der Waals surface area (Å²) < 4.78 is 11.1. The van der Waals surface area contributed by atoms with Crippen LogP contribution in [0.1, 0.15) is 54.5 Å². The Morgan fingerprint density at radius 1 is 1.00 bits per heavy atom. The van der Waals surface area contributed by atoms with Gasteiger partial charge in [-0.2, -0.15) is 0 Å². The molecular formula is C17H23ClO2. The summed E-state index contributed by atoms with van der Waals surface area (Å²) in [5, 5.41) is -0.115. The van der Waals surface area contributed by atoms with Crippen molar-refractivity contribution in [2.45, 2.75) is 49.5 Å². The van der Waals surface area contributed by atoms with E-state index < -0.39 is 0 Å². The highest BCUT2D eigenvalue weighted by Gasteiger charge is 2.25. The van der Waals surface area contributed by atoms with E-state index in [2.05, 4.69) is 24.3 Å². The van der Waals surface area contributed by atoms with Crippen LogP contribution in [0.3, 0.4) is 0 Å². The Labute approximate surface area is 126 Å². The Kier molecular flexibility index (Phi) is 4.98. The Bertz CT molecular complexity index is 406. The predicted molar refractivity (Wildman–Crippen MR) is 81.4 cm³/mol. The van der Waals surface area contributed by atoms with E-state index in [1.807, 2.05) is 0 Å². The number of halogens is 1. The van der Waals surface area contributed by atoms with Crippen LogP contribution in [0.5, 0.6) is 0 Å². The number of hydrogen-bond acceptors (Lipinski definition) is 2. The third kappa shape index (κ3) is 3.36. The molecule has 1 heterocycles. The number of benzene rings is 1. The van der Waals surface area contributed by atoms with Crippen molar-refractivity contribution in [3.63, 3.8) is 0 Å². The van der Waals surface area contributed by atoms with E-state index in [9.17, 15) is 0 Å². The number of rotatable bonds is 3. The zero-order chi connectivity index (χ0) is 13.8. The van der Waals surface area contributed by atoms with E-state index in [0.29, 0.717) is 19.8 Å². The first-order chi connectivity index (χ1) is 9.84. The fraction of sp³-hybridized carbons (Fsp3) is 0.647. The number of ether oxygens (including phenoxy) is 2. The lowest BCUT2D eigenvalue weighted by Gasteiger charge is -2.27. The van der Waals surface area contributed by atoms with E-state index >= 15 is 0 Å². The second-order valence-corrected chi connectivity index (χ2v) is 6.36. The van der Waals surface area contributed by atoms with Crippen molar-refractivity contribution in [3.8, 4) is 0 Å². The van der Waals surface area contributed by atoms with Crippen molar-refractivity contribution in [3.05, 3.63) is 35.4 Å². The minimum absolute atomic E-state index is 0.0223. The van der Waals surface area contributed by atoms with Crippen LogP contribution >= 0.6 is 11.6 Å². The predicted octanol–water partition coefficient (Wildman–Crippen LogP) is 4.43. The van der Waals surface area contributed by atoms with E-state index in [1.54, 1.807) is 0 Å². The summed E-state index contributed by atoms with van der Waals surface area (Å²) in [5.41, 5.74) is 2.61. The lowest BCUT2D eigenvalue weighted by molar-refractivity contribution is -0.0892. The van der Waals surface area contributed by atoms with Gasteiger partial charge in [-0.15, -0.1) is 11.6 Å². The molecule has 2 unspecified atom stereocenters. The van der Waals surface area contributed by atoms with Gasteiger partial charge in [0.25, 0.3) is 0 Å². The molecule has 3 heteroatoms. The maximum Gasteiger partial charge on any atom is 0.101 e. The van der Waals surface area contributed by atoms with Crippen molar-refractivity contribution in [1.82, 2.24) is 0 Å². The van der Waals surface area contributed by atoms with Gasteiger partial charge >= 0.3 is 0 Å². The molecule has 1 aromatic carbocycles. The number of alkyl halides is 1. The molecular weight excluding hydrogens is 272 g/mol. The van der Waals surface area contributed by atoms with Crippen molar-refractivity contribution < 1.29 is 9.47 Å². The molecule has 1 aliphatic heterocycles. The smallest absolute Gasteiger partial charge is 0.101 e. The van der Waals surface area contributed by atoms with E-state index in [1.165, 1.54) is 37.7 Å². The van der Waals surface area contributed by atoms with Crippen LogP contribution < -0.4 is 0 Å². The van der Waals surface area contributed by atoms with Gasteiger partial charge in [0, 0.05) is 0 Å². The third-order valence-corrected chi connectivity index (χ3v) is 5.03. The van der Waals surface area contributed by atoms with Crippen LogP contribution in [0.25, 0.3) is 0 Å². The van der Waals surface area contributed by atoms with Gasteiger partial charge in [0.05, 0.1) is 25.2 Å².